The minimum Gasteiger partial charge on any atom is -0.356 e. The third-order valence-electron chi connectivity index (χ3n) is 2.80. The first-order valence-corrected chi connectivity index (χ1v) is 6.77. The molecule has 0 aromatic carbocycles. The van der Waals surface area contributed by atoms with Crippen LogP contribution in [-0.2, 0) is 6.54 Å². The van der Waals surface area contributed by atoms with Gasteiger partial charge in [0.2, 0.25) is 0 Å². The predicted molar refractivity (Wildman–Crippen MR) is 77.9 cm³/mol. The van der Waals surface area contributed by atoms with E-state index in [0.29, 0.717) is 0 Å². The van der Waals surface area contributed by atoms with Gasteiger partial charge in [-0.15, -0.1) is 0 Å². The van der Waals surface area contributed by atoms with E-state index < -0.39 is 0 Å². The Bertz CT molecular complexity index is 328. The molecule has 0 atom stereocenters. The average molecular weight is 250 g/mol. The molecule has 0 radical (unpaired) electrons. The zero-order valence-electron chi connectivity index (χ0n) is 11.8. The summed E-state index contributed by atoms with van der Waals surface area (Å²) in [6, 6.07) is 4.08. The van der Waals surface area contributed by atoms with Crippen LogP contribution in [-0.4, -0.2) is 30.7 Å². The van der Waals surface area contributed by atoms with Crippen LogP contribution in [0.3, 0.4) is 0 Å². The van der Waals surface area contributed by atoms with Crippen molar-refractivity contribution < 1.29 is 0 Å². The van der Waals surface area contributed by atoms with Crippen molar-refractivity contribution >= 4 is 5.96 Å². The van der Waals surface area contributed by atoms with Crippen LogP contribution in [0.15, 0.2) is 29.5 Å². The van der Waals surface area contributed by atoms with Gasteiger partial charge in [-0.2, -0.15) is 0 Å². The van der Waals surface area contributed by atoms with Gasteiger partial charge in [0.05, 0.1) is 0 Å². The Labute approximate surface area is 110 Å². The molecule has 0 bridgehead atoms. The van der Waals surface area contributed by atoms with Crippen molar-refractivity contribution in [2.75, 3.05) is 20.1 Å². The second kappa shape index (κ2) is 8.61. The second-order valence-corrected chi connectivity index (χ2v) is 4.88. The van der Waals surface area contributed by atoms with Crippen molar-refractivity contribution in [2.45, 2.75) is 33.2 Å². The van der Waals surface area contributed by atoms with Gasteiger partial charge in [0.25, 0.3) is 0 Å². The number of nitrogens with zero attached hydrogens (tertiary/aromatic N) is 2. The number of hydrogen-bond acceptors (Lipinski definition) is 1. The summed E-state index contributed by atoms with van der Waals surface area (Å²) >= 11 is 0. The lowest BCUT2D eigenvalue weighted by Crippen LogP contribution is -2.39. The smallest absolute Gasteiger partial charge is 0.191 e. The zero-order valence-corrected chi connectivity index (χ0v) is 11.8. The lowest BCUT2D eigenvalue weighted by Gasteiger charge is -2.12. The molecule has 0 saturated heterocycles. The molecule has 4 nitrogen and oxygen atoms in total. The molecule has 1 aromatic rings. The molecule has 0 saturated carbocycles. The van der Waals surface area contributed by atoms with Gasteiger partial charge in [0.1, 0.15) is 0 Å². The van der Waals surface area contributed by atoms with E-state index in [-0.39, 0.29) is 0 Å². The summed E-state index contributed by atoms with van der Waals surface area (Å²) in [7, 11) is 1.81. The number of aliphatic imine (C=N–C) groups is 1. The standard InChI is InChI=1S/C14H26N4/c1-13(2)7-6-8-16-14(15-3)17-9-12-18-10-4-5-11-18/h4-5,10-11,13H,6-9,12H2,1-3H3,(H2,15,16,17). The molecule has 1 rings (SSSR count). The Balaban J connectivity index is 2.10. The van der Waals surface area contributed by atoms with Gasteiger partial charge < -0.3 is 15.2 Å². The van der Waals surface area contributed by atoms with Gasteiger partial charge >= 0.3 is 0 Å². The summed E-state index contributed by atoms with van der Waals surface area (Å²) in [6.45, 7) is 7.34. The average Bonchev–Trinajstić information content (AvgIpc) is 2.85. The fraction of sp³-hybridized carbons (Fsp3) is 0.643. The van der Waals surface area contributed by atoms with Crippen LogP contribution < -0.4 is 10.6 Å². The quantitative estimate of drug-likeness (QED) is 0.442. The highest BCUT2D eigenvalue weighted by molar-refractivity contribution is 5.79. The van der Waals surface area contributed by atoms with Crippen molar-refractivity contribution in [3.05, 3.63) is 24.5 Å². The van der Waals surface area contributed by atoms with Crippen molar-refractivity contribution in [3.63, 3.8) is 0 Å². The summed E-state index contributed by atoms with van der Waals surface area (Å²) in [5, 5.41) is 6.65. The van der Waals surface area contributed by atoms with E-state index >= 15 is 0 Å². The third kappa shape index (κ3) is 6.33. The Morgan fingerprint density at radius 1 is 1.17 bits per heavy atom. The van der Waals surface area contributed by atoms with Gasteiger partial charge in [-0.05, 0) is 30.9 Å². The molecule has 0 aliphatic carbocycles. The molecule has 102 valence electrons. The Hall–Kier alpha value is -1.45. The van der Waals surface area contributed by atoms with Gasteiger partial charge in [-0.1, -0.05) is 13.8 Å². The number of aromatic nitrogens is 1. The fourth-order valence-corrected chi connectivity index (χ4v) is 1.76. The van der Waals surface area contributed by atoms with Crippen LogP contribution in [0.1, 0.15) is 26.7 Å². The van der Waals surface area contributed by atoms with Crippen molar-refractivity contribution in [1.29, 1.82) is 0 Å². The highest BCUT2D eigenvalue weighted by Gasteiger charge is 1.98. The van der Waals surface area contributed by atoms with Crippen molar-refractivity contribution in [2.24, 2.45) is 10.9 Å². The summed E-state index contributed by atoms with van der Waals surface area (Å²) in [4.78, 5) is 4.21. The van der Waals surface area contributed by atoms with E-state index in [1.165, 1.54) is 12.8 Å². The minimum absolute atomic E-state index is 0.774. The summed E-state index contributed by atoms with van der Waals surface area (Å²) in [5.41, 5.74) is 0. The largest absolute Gasteiger partial charge is 0.356 e. The molecule has 18 heavy (non-hydrogen) atoms. The second-order valence-electron chi connectivity index (χ2n) is 4.88. The monoisotopic (exact) mass is 250 g/mol. The SMILES string of the molecule is CN=C(NCCCC(C)C)NCCn1cccc1. The van der Waals surface area contributed by atoms with Crippen LogP contribution in [0.25, 0.3) is 0 Å². The molecule has 4 heteroatoms. The Morgan fingerprint density at radius 2 is 1.83 bits per heavy atom. The number of nitrogens with one attached hydrogen (secondary N) is 2. The van der Waals surface area contributed by atoms with Crippen molar-refractivity contribution in [1.82, 2.24) is 15.2 Å². The maximum Gasteiger partial charge on any atom is 0.191 e. The van der Waals surface area contributed by atoms with Gasteiger partial charge in [-0.25, -0.2) is 0 Å². The highest BCUT2D eigenvalue weighted by Crippen LogP contribution is 2.01. The summed E-state index contributed by atoms with van der Waals surface area (Å²) < 4.78 is 2.15. The topological polar surface area (TPSA) is 41.4 Å². The molecule has 0 amide bonds. The summed E-state index contributed by atoms with van der Waals surface area (Å²) in [5.74, 6) is 1.67. The maximum atomic E-state index is 4.21. The zero-order chi connectivity index (χ0) is 13.2. The Morgan fingerprint density at radius 3 is 2.44 bits per heavy atom. The molecule has 0 spiro atoms. The van der Waals surface area contributed by atoms with Crippen LogP contribution >= 0.6 is 0 Å². The van der Waals surface area contributed by atoms with E-state index in [1.54, 1.807) is 0 Å². The number of guanidine groups is 1. The highest BCUT2D eigenvalue weighted by atomic mass is 15.2. The van der Waals surface area contributed by atoms with Gasteiger partial charge in [0, 0.05) is 39.1 Å². The molecular weight excluding hydrogens is 224 g/mol. The summed E-state index contributed by atoms with van der Waals surface area (Å²) in [6.07, 6.45) is 6.59. The molecule has 0 fully saturated rings. The number of hydrogen-bond donors (Lipinski definition) is 2. The first kappa shape index (κ1) is 14.6. The van der Waals surface area contributed by atoms with Crippen LogP contribution in [0, 0.1) is 5.92 Å². The van der Waals surface area contributed by atoms with Gasteiger partial charge in [-0.3, -0.25) is 4.99 Å². The van der Waals surface area contributed by atoms with Gasteiger partial charge in [0.15, 0.2) is 5.96 Å². The lowest BCUT2D eigenvalue weighted by atomic mass is 10.1. The Kier molecular flexibility index (Phi) is 6.99. The first-order valence-electron chi connectivity index (χ1n) is 6.77. The van der Waals surface area contributed by atoms with Crippen LogP contribution in [0.4, 0.5) is 0 Å². The molecule has 1 heterocycles. The van der Waals surface area contributed by atoms with E-state index in [0.717, 1.165) is 31.5 Å². The molecule has 1 aromatic heterocycles. The predicted octanol–water partition coefficient (Wildman–Crippen LogP) is 2.09. The minimum atomic E-state index is 0.774. The van der Waals surface area contributed by atoms with E-state index in [1.807, 2.05) is 19.2 Å². The normalized spacial score (nSPS) is 11.9. The maximum absolute atomic E-state index is 4.21. The molecule has 2 N–H and O–H groups in total. The third-order valence-corrected chi connectivity index (χ3v) is 2.80. The van der Waals surface area contributed by atoms with Crippen molar-refractivity contribution in [3.8, 4) is 0 Å². The fourth-order valence-electron chi connectivity index (χ4n) is 1.76. The first-order chi connectivity index (χ1) is 8.72. The van der Waals surface area contributed by atoms with E-state index in [9.17, 15) is 0 Å². The number of rotatable bonds is 7. The van der Waals surface area contributed by atoms with E-state index in [4.69, 9.17) is 0 Å². The molecule has 0 aliphatic heterocycles. The van der Waals surface area contributed by atoms with Crippen LogP contribution in [0.5, 0.6) is 0 Å². The lowest BCUT2D eigenvalue weighted by molar-refractivity contribution is 0.548. The van der Waals surface area contributed by atoms with E-state index in [2.05, 4.69) is 46.4 Å². The van der Waals surface area contributed by atoms with Crippen LogP contribution in [0.2, 0.25) is 0 Å². The molecule has 0 aliphatic rings. The molecule has 0 unspecified atom stereocenters. The molecular formula is C14H26N4.